The molecule has 0 atom stereocenters. The monoisotopic (exact) mass is 383 g/mol. The predicted octanol–water partition coefficient (Wildman–Crippen LogP) is 2.25. The van der Waals surface area contributed by atoms with Crippen molar-refractivity contribution < 1.29 is 28.5 Å². The van der Waals surface area contributed by atoms with Gasteiger partial charge in [-0.3, -0.25) is 0 Å². The van der Waals surface area contributed by atoms with Gasteiger partial charge in [0, 0.05) is 11.6 Å². The molecule has 0 spiro atoms. The van der Waals surface area contributed by atoms with E-state index in [0.29, 0.717) is 17.9 Å². The van der Waals surface area contributed by atoms with Crippen molar-refractivity contribution >= 4 is 23.5 Å². The van der Waals surface area contributed by atoms with E-state index in [2.05, 4.69) is 20.1 Å². The van der Waals surface area contributed by atoms with E-state index >= 15 is 0 Å². The number of carbonyl (C=O) groups is 2. The molecule has 140 valence electrons. The van der Waals surface area contributed by atoms with E-state index in [4.69, 9.17) is 25.8 Å². The van der Waals surface area contributed by atoms with Crippen LogP contribution in [0.3, 0.4) is 0 Å². The fourth-order valence-corrected chi connectivity index (χ4v) is 2.30. The van der Waals surface area contributed by atoms with Crippen molar-refractivity contribution in [1.29, 1.82) is 0 Å². The maximum atomic E-state index is 12.0. The summed E-state index contributed by atoms with van der Waals surface area (Å²) in [6.07, 6.45) is 0. The van der Waals surface area contributed by atoms with Gasteiger partial charge in [0.1, 0.15) is 5.69 Å². The standard InChI is InChI=1S/C16H18ClN3O6/c1-4-24-11-6-9(10(17)7-12(11)26-8-13(21)23-3)14-15(19-20-18-14)16(22)25-5-2/h6-7H,4-5,8H2,1-3H3,(H,18,19,20). The van der Waals surface area contributed by atoms with E-state index in [1.54, 1.807) is 19.9 Å². The molecule has 0 fully saturated rings. The number of aromatic amines is 1. The zero-order valence-electron chi connectivity index (χ0n) is 14.5. The van der Waals surface area contributed by atoms with Crippen molar-refractivity contribution in [3.8, 4) is 22.8 Å². The molecule has 0 aliphatic carbocycles. The van der Waals surface area contributed by atoms with Gasteiger partial charge >= 0.3 is 11.9 Å². The van der Waals surface area contributed by atoms with Gasteiger partial charge in [0.05, 0.1) is 25.3 Å². The van der Waals surface area contributed by atoms with Crippen molar-refractivity contribution in [2.75, 3.05) is 26.9 Å². The normalized spacial score (nSPS) is 10.3. The molecule has 0 saturated heterocycles. The molecule has 2 rings (SSSR count). The van der Waals surface area contributed by atoms with Crippen molar-refractivity contribution in [2.45, 2.75) is 13.8 Å². The number of halogens is 1. The van der Waals surface area contributed by atoms with Crippen molar-refractivity contribution in [3.63, 3.8) is 0 Å². The summed E-state index contributed by atoms with van der Waals surface area (Å²) in [4.78, 5) is 23.3. The molecule has 0 aliphatic rings. The number of ether oxygens (including phenoxy) is 4. The summed E-state index contributed by atoms with van der Waals surface area (Å²) in [6, 6.07) is 3.02. The number of benzene rings is 1. The number of methoxy groups -OCH3 is 1. The molecule has 0 unspecified atom stereocenters. The lowest BCUT2D eigenvalue weighted by Crippen LogP contribution is -2.13. The maximum absolute atomic E-state index is 12.0. The maximum Gasteiger partial charge on any atom is 0.361 e. The Hall–Kier alpha value is -2.81. The highest BCUT2D eigenvalue weighted by Crippen LogP contribution is 2.38. The molecule has 2 aromatic rings. The average molecular weight is 384 g/mol. The molecule has 1 aromatic carbocycles. The summed E-state index contributed by atoms with van der Waals surface area (Å²) in [7, 11) is 1.26. The SMILES string of the molecule is CCOC(=O)c1n[nH]nc1-c1cc(OCC)c(OCC(=O)OC)cc1Cl. The van der Waals surface area contributed by atoms with Crippen LogP contribution in [0.2, 0.25) is 5.02 Å². The largest absolute Gasteiger partial charge is 0.490 e. The van der Waals surface area contributed by atoms with Gasteiger partial charge in [0.15, 0.2) is 23.8 Å². The predicted molar refractivity (Wildman–Crippen MR) is 91.5 cm³/mol. The van der Waals surface area contributed by atoms with Crippen molar-refractivity contribution in [1.82, 2.24) is 15.4 Å². The lowest BCUT2D eigenvalue weighted by Gasteiger charge is -2.14. The Balaban J connectivity index is 2.42. The van der Waals surface area contributed by atoms with E-state index in [-0.39, 0.29) is 35.4 Å². The molecular weight excluding hydrogens is 366 g/mol. The van der Waals surface area contributed by atoms with Crippen LogP contribution in [0, 0.1) is 0 Å². The number of hydrogen-bond acceptors (Lipinski definition) is 8. The first-order chi connectivity index (χ1) is 12.5. The minimum Gasteiger partial charge on any atom is -0.490 e. The molecule has 0 aliphatic heterocycles. The molecule has 0 radical (unpaired) electrons. The lowest BCUT2D eigenvalue weighted by atomic mass is 10.1. The zero-order valence-corrected chi connectivity index (χ0v) is 15.3. The molecular formula is C16H18ClN3O6. The van der Waals surface area contributed by atoms with Crippen LogP contribution in [0.15, 0.2) is 12.1 Å². The highest BCUT2D eigenvalue weighted by molar-refractivity contribution is 6.33. The van der Waals surface area contributed by atoms with E-state index in [1.165, 1.54) is 13.2 Å². The van der Waals surface area contributed by atoms with Gasteiger partial charge < -0.3 is 18.9 Å². The smallest absolute Gasteiger partial charge is 0.361 e. The summed E-state index contributed by atoms with van der Waals surface area (Å²) < 4.78 is 20.4. The third-order valence-electron chi connectivity index (χ3n) is 3.18. The Bertz CT molecular complexity index is 792. The second-order valence-corrected chi connectivity index (χ2v) is 5.23. The first-order valence-corrected chi connectivity index (χ1v) is 8.13. The van der Waals surface area contributed by atoms with Crippen LogP contribution in [-0.4, -0.2) is 54.3 Å². The Morgan fingerprint density at radius 3 is 2.50 bits per heavy atom. The lowest BCUT2D eigenvalue weighted by molar-refractivity contribution is -0.142. The van der Waals surface area contributed by atoms with E-state index < -0.39 is 11.9 Å². The van der Waals surface area contributed by atoms with E-state index in [0.717, 1.165) is 0 Å². The number of H-pyrrole nitrogens is 1. The quantitative estimate of drug-likeness (QED) is 0.690. The summed E-state index contributed by atoms with van der Waals surface area (Å²) in [5, 5.41) is 10.4. The van der Waals surface area contributed by atoms with Crippen LogP contribution in [0.1, 0.15) is 24.3 Å². The van der Waals surface area contributed by atoms with E-state index in [1.807, 2.05) is 0 Å². The third kappa shape index (κ3) is 4.42. The Labute approximate surface area is 154 Å². The fourth-order valence-electron chi connectivity index (χ4n) is 2.05. The summed E-state index contributed by atoms with van der Waals surface area (Å²) >= 11 is 6.31. The molecule has 26 heavy (non-hydrogen) atoms. The Morgan fingerprint density at radius 1 is 1.12 bits per heavy atom. The molecule has 0 saturated carbocycles. The van der Waals surface area contributed by atoms with Crippen LogP contribution >= 0.6 is 11.6 Å². The van der Waals surface area contributed by atoms with Crippen molar-refractivity contribution in [3.05, 3.63) is 22.8 Å². The van der Waals surface area contributed by atoms with Crippen LogP contribution < -0.4 is 9.47 Å². The van der Waals surface area contributed by atoms with Crippen LogP contribution in [0.4, 0.5) is 0 Å². The van der Waals surface area contributed by atoms with Gasteiger partial charge in [-0.05, 0) is 19.9 Å². The average Bonchev–Trinajstić information content (AvgIpc) is 3.11. The van der Waals surface area contributed by atoms with Gasteiger partial charge in [-0.1, -0.05) is 11.6 Å². The number of esters is 2. The number of aromatic nitrogens is 3. The van der Waals surface area contributed by atoms with Gasteiger partial charge in [-0.2, -0.15) is 10.3 Å². The zero-order chi connectivity index (χ0) is 19.1. The minimum atomic E-state index is -0.628. The summed E-state index contributed by atoms with van der Waals surface area (Å²) in [5.41, 5.74) is 0.616. The number of carbonyl (C=O) groups excluding carboxylic acids is 2. The van der Waals surface area contributed by atoms with Gasteiger partial charge in [-0.25, -0.2) is 9.59 Å². The highest BCUT2D eigenvalue weighted by Gasteiger charge is 2.23. The molecule has 9 nitrogen and oxygen atoms in total. The second kappa shape index (κ2) is 9.04. The van der Waals surface area contributed by atoms with E-state index in [9.17, 15) is 9.59 Å². The first-order valence-electron chi connectivity index (χ1n) is 7.75. The molecule has 1 N–H and O–H groups in total. The van der Waals surface area contributed by atoms with Gasteiger partial charge in [0.25, 0.3) is 0 Å². The number of rotatable bonds is 8. The summed E-state index contributed by atoms with van der Waals surface area (Å²) in [6.45, 7) is 3.72. The molecule has 10 heteroatoms. The second-order valence-electron chi connectivity index (χ2n) is 4.82. The Kier molecular flexibility index (Phi) is 6.79. The molecule has 1 aromatic heterocycles. The first kappa shape index (κ1) is 19.5. The Morgan fingerprint density at radius 2 is 1.85 bits per heavy atom. The van der Waals surface area contributed by atoms with Crippen LogP contribution in [0.25, 0.3) is 11.3 Å². The minimum absolute atomic E-state index is 0.000530. The topological polar surface area (TPSA) is 113 Å². The summed E-state index contributed by atoms with van der Waals surface area (Å²) in [5.74, 6) is -0.592. The van der Waals surface area contributed by atoms with Crippen LogP contribution in [0.5, 0.6) is 11.5 Å². The number of nitrogens with one attached hydrogen (secondary N) is 1. The van der Waals surface area contributed by atoms with Crippen LogP contribution in [-0.2, 0) is 14.3 Å². The number of hydrogen-bond donors (Lipinski definition) is 1. The molecule has 0 amide bonds. The van der Waals surface area contributed by atoms with Gasteiger partial charge in [-0.15, -0.1) is 5.10 Å². The van der Waals surface area contributed by atoms with Crippen molar-refractivity contribution in [2.24, 2.45) is 0 Å². The highest BCUT2D eigenvalue weighted by atomic mass is 35.5. The molecule has 1 heterocycles. The van der Waals surface area contributed by atoms with Gasteiger partial charge in [0.2, 0.25) is 0 Å². The molecule has 0 bridgehead atoms. The third-order valence-corrected chi connectivity index (χ3v) is 3.49. The fraction of sp³-hybridized carbons (Fsp3) is 0.375. The number of nitrogens with zero attached hydrogens (tertiary/aromatic N) is 2.